The zero-order valence-electron chi connectivity index (χ0n) is 11.0. The number of nitrogens with two attached hydrogens (primary N) is 1. The van der Waals surface area contributed by atoms with Crippen LogP contribution in [0.15, 0.2) is 29.2 Å². The Hall–Kier alpha value is -1.07. The maximum atomic E-state index is 12.6. The summed E-state index contributed by atoms with van der Waals surface area (Å²) in [6.45, 7) is 0.627. The average molecular weight is 294 g/mol. The minimum Gasteiger partial charge on any atom is -0.393 e. The number of hydrogen-bond donors (Lipinski definition) is 1. The fourth-order valence-corrected chi connectivity index (χ4v) is 2.72. The first-order chi connectivity index (χ1) is 9.13. The van der Waals surface area contributed by atoms with E-state index in [1.165, 1.54) is 0 Å². The van der Waals surface area contributed by atoms with Gasteiger partial charge in [0.05, 0.1) is 10.6 Å². The molecule has 3 nitrogen and oxygen atoms in total. The minimum absolute atomic E-state index is 0.101. The Morgan fingerprint density at radius 1 is 1.47 bits per heavy atom. The third kappa shape index (κ3) is 3.70. The van der Waals surface area contributed by atoms with Crippen molar-refractivity contribution in [2.45, 2.75) is 30.2 Å². The lowest BCUT2D eigenvalue weighted by Crippen LogP contribution is -2.35. The molecule has 0 bridgehead atoms. The molecule has 102 valence electrons. The number of benzene rings is 1. The van der Waals surface area contributed by atoms with Crippen LogP contribution >= 0.6 is 24.0 Å². The average Bonchev–Trinajstić information content (AvgIpc) is 3.23. The lowest BCUT2D eigenvalue weighted by Gasteiger charge is -2.23. The third-order valence-electron chi connectivity index (χ3n) is 3.18. The minimum atomic E-state index is 0.101. The number of carbonyl (C=O) groups is 1. The van der Waals surface area contributed by atoms with E-state index < -0.39 is 0 Å². The van der Waals surface area contributed by atoms with Crippen LogP contribution in [0, 0.1) is 0 Å². The Kier molecular flexibility index (Phi) is 4.82. The van der Waals surface area contributed by atoms with Crippen LogP contribution in [0.1, 0.15) is 29.6 Å². The second-order valence-electron chi connectivity index (χ2n) is 4.65. The van der Waals surface area contributed by atoms with Gasteiger partial charge in [0.25, 0.3) is 5.91 Å². The van der Waals surface area contributed by atoms with E-state index in [1.807, 2.05) is 35.4 Å². The topological polar surface area (TPSA) is 46.3 Å². The zero-order valence-corrected chi connectivity index (χ0v) is 12.6. The molecule has 1 aromatic rings. The van der Waals surface area contributed by atoms with Crippen LogP contribution in [0.3, 0.4) is 0 Å². The van der Waals surface area contributed by atoms with E-state index in [0.717, 1.165) is 23.3 Å². The fourth-order valence-electron chi connectivity index (χ4n) is 2.04. The molecule has 0 heterocycles. The molecule has 0 spiro atoms. The van der Waals surface area contributed by atoms with Crippen LogP contribution < -0.4 is 5.73 Å². The monoisotopic (exact) mass is 294 g/mol. The molecule has 1 aliphatic carbocycles. The summed E-state index contributed by atoms with van der Waals surface area (Å²) < 4.78 is 0. The molecule has 0 aromatic heterocycles. The summed E-state index contributed by atoms with van der Waals surface area (Å²) in [6, 6.07) is 8.11. The molecule has 1 aromatic carbocycles. The molecule has 1 amide bonds. The van der Waals surface area contributed by atoms with Crippen molar-refractivity contribution in [2.24, 2.45) is 5.73 Å². The largest absolute Gasteiger partial charge is 0.393 e. The predicted octanol–water partition coefficient (Wildman–Crippen LogP) is 2.69. The van der Waals surface area contributed by atoms with E-state index in [9.17, 15) is 4.79 Å². The van der Waals surface area contributed by atoms with E-state index in [2.05, 4.69) is 0 Å². The molecule has 1 saturated carbocycles. The maximum Gasteiger partial charge on any atom is 0.255 e. The zero-order chi connectivity index (χ0) is 13.8. The fraction of sp³-hybridized carbons (Fsp3) is 0.429. The smallest absolute Gasteiger partial charge is 0.255 e. The van der Waals surface area contributed by atoms with Crippen molar-refractivity contribution < 1.29 is 4.79 Å². The maximum absolute atomic E-state index is 12.6. The van der Waals surface area contributed by atoms with Gasteiger partial charge in [0, 0.05) is 23.9 Å². The Bertz CT molecular complexity index is 486. The quantitative estimate of drug-likeness (QED) is 0.647. The van der Waals surface area contributed by atoms with Crippen molar-refractivity contribution in [1.82, 2.24) is 4.90 Å². The Labute approximate surface area is 123 Å². The first-order valence-corrected chi connectivity index (χ1v) is 7.99. The molecule has 1 aliphatic rings. The molecular formula is C14H18N2OS2. The van der Waals surface area contributed by atoms with E-state index in [0.29, 0.717) is 24.0 Å². The lowest BCUT2D eigenvalue weighted by atomic mass is 10.2. The summed E-state index contributed by atoms with van der Waals surface area (Å²) in [5.41, 5.74) is 6.33. The molecule has 0 aliphatic heterocycles. The van der Waals surface area contributed by atoms with E-state index in [-0.39, 0.29) is 5.91 Å². The lowest BCUT2D eigenvalue weighted by molar-refractivity contribution is 0.0744. The Morgan fingerprint density at radius 3 is 2.74 bits per heavy atom. The number of carbonyl (C=O) groups excluding carboxylic acids is 1. The molecule has 0 saturated heterocycles. The van der Waals surface area contributed by atoms with Gasteiger partial charge >= 0.3 is 0 Å². The number of hydrogen-bond acceptors (Lipinski definition) is 3. The van der Waals surface area contributed by atoms with Gasteiger partial charge in [-0.15, -0.1) is 11.8 Å². The predicted molar refractivity (Wildman–Crippen MR) is 83.7 cm³/mol. The van der Waals surface area contributed by atoms with Crippen molar-refractivity contribution in [1.29, 1.82) is 0 Å². The van der Waals surface area contributed by atoms with Crippen molar-refractivity contribution in [3.05, 3.63) is 29.8 Å². The van der Waals surface area contributed by atoms with Gasteiger partial charge in [-0.05, 0) is 31.2 Å². The molecular weight excluding hydrogens is 276 g/mol. The number of nitrogens with zero attached hydrogens (tertiary/aromatic N) is 1. The first-order valence-electron chi connectivity index (χ1n) is 6.35. The second kappa shape index (κ2) is 6.39. The van der Waals surface area contributed by atoms with Crippen LogP contribution in [0.25, 0.3) is 0 Å². The van der Waals surface area contributed by atoms with Crippen LogP contribution in [0.5, 0.6) is 0 Å². The molecule has 2 rings (SSSR count). The number of amides is 1. The van der Waals surface area contributed by atoms with Crippen molar-refractivity contribution in [3.8, 4) is 0 Å². The summed E-state index contributed by atoms with van der Waals surface area (Å²) in [5, 5.41) is 0. The molecule has 2 N–H and O–H groups in total. The van der Waals surface area contributed by atoms with Crippen LogP contribution in [0.2, 0.25) is 0 Å². The SMILES string of the molecule is CSc1ccccc1C(=O)N(CCC(N)=S)C1CC1. The van der Waals surface area contributed by atoms with Gasteiger partial charge in [0.15, 0.2) is 0 Å². The van der Waals surface area contributed by atoms with Crippen molar-refractivity contribution in [3.63, 3.8) is 0 Å². The third-order valence-corrected chi connectivity index (χ3v) is 4.18. The summed E-state index contributed by atoms with van der Waals surface area (Å²) in [6.07, 6.45) is 4.76. The van der Waals surface area contributed by atoms with Gasteiger partial charge in [-0.1, -0.05) is 24.4 Å². The van der Waals surface area contributed by atoms with Gasteiger partial charge in [-0.3, -0.25) is 4.79 Å². The summed E-state index contributed by atoms with van der Waals surface area (Å²) in [7, 11) is 0. The molecule has 0 unspecified atom stereocenters. The normalized spacial score (nSPS) is 14.2. The Balaban J connectivity index is 2.16. The van der Waals surface area contributed by atoms with Gasteiger partial charge in [0.2, 0.25) is 0 Å². The number of thiocarbonyl (C=S) groups is 1. The van der Waals surface area contributed by atoms with Gasteiger partial charge in [-0.2, -0.15) is 0 Å². The second-order valence-corrected chi connectivity index (χ2v) is 6.02. The van der Waals surface area contributed by atoms with Crippen molar-refractivity contribution in [2.75, 3.05) is 12.8 Å². The standard InChI is InChI=1S/C14H18N2OS2/c1-19-12-5-3-2-4-11(12)14(17)16(10-6-7-10)9-8-13(15)18/h2-5,10H,6-9H2,1H3,(H2,15,18). The molecule has 1 fully saturated rings. The Morgan fingerprint density at radius 2 is 2.16 bits per heavy atom. The van der Waals surface area contributed by atoms with Gasteiger partial charge in [0.1, 0.15) is 0 Å². The summed E-state index contributed by atoms with van der Waals surface area (Å²) in [5.74, 6) is 0.101. The molecule has 5 heteroatoms. The van der Waals surface area contributed by atoms with Gasteiger partial charge in [-0.25, -0.2) is 0 Å². The van der Waals surface area contributed by atoms with Gasteiger partial charge < -0.3 is 10.6 Å². The molecule has 19 heavy (non-hydrogen) atoms. The number of rotatable bonds is 6. The van der Waals surface area contributed by atoms with E-state index in [1.54, 1.807) is 11.8 Å². The highest BCUT2D eigenvalue weighted by atomic mass is 32.2. The van der Waals surface area contributed by atoms with E-state index >= 15 is 0 Å². The highest BCUT2D eigenvalue weighted by Crippen LogP contribution is 2.30. The molecule has 0 radical (unpaired) electrons. The van der Waals surface area contributed by atoms with Crippen LogP contribution in [-0.4, -0.2) is 34.6 Å². The first kappa shape index (κ1) is 14.3. The number of thioether (sulfide) groups is 1. The summed E-state index contributed by atoms with van der Waals surface area (Å²) in [4.78, 5) is 16.1. The molecule has 0 atom stereocenters. The van der Waals surface area contributed by atoms with Crippen LogP contribution in [-0.2, 0) is 0 Å². The highest BCUT2D eigenvalue weighted by molar-refractivity contribution is 7.98. The summed E-state index contributed by atoms with van der Waals surface area (Å²) >= 11 is 6.51. The van der Waals surface area contributed by atoms with E-state index in [4.69, 9.17) is 18.0 Å². The highest BCUT2D eigenvalue weighted by Gasteiger charge is 2.33. The van der Waals surface area contributed by atoms with Crippen molar-refractivity contribution >= 4 is 34.9 Å². The van der Waals surface area contributed by atoms with Crippen LogP contribution in [0.4, 0.5) is 0 Å².